The van der Waals surface area contributed by atoms with Crippen molar-refractivity contribution in [1.29, 1.82) is 0 Å². The summed E-state index contributed by atoms with van der Waals surface area (Å²) in [4.78, 5) is 24.9. The third kappa shape index (κ3) is 3.62. The van der Waals surface area contributed by atoms with Crippen LogP contribution in [0.15, 0.2) is 18.2 Å². The number of nitrogens with one attached hydrogen (secondary N) is 1. The van der Waals surface area contributed by atoms with Crippen molar-refractivity contribution in [3.63, 3.8) is 0 Å². The SMILES string of the molecule is Cc1cccc2[nH]c(C3CCN(C(=O)CN4CCC[C@@H](O)C4)CC3)nc12. The Morgan fingerprint density at radius 3 is 2.81 bits per heavy atom. The number of hydrogen-bond donors (Lipinski definition) is 2. The molecule has 2 aromatic rings. The zero-order chi connectivity index (χ0) is 18.1. The Kier molecular flexibility index (Phi) is 4.96. The lowest BCUT2D eigenvalue weighted by Gasteiger charge is -2.34. The number of fused-ring (bicyclic) bond motifs is 1. The number of imidazole rings is 1. The molecule has 0 spiro atoms. The van der Waals surface area contributed by atoms with Gasteiger partial charge in [-0.1, -0.05) is 12.1 Å². The molecule has 1 atom stereocenters. The topological polar surface area (TPSA) is 72.5 Å². The zero-order valence-electron chi connectivity index (χ0n) is 15.4. The van der Waals surface area contributed by atoms with E-state index in [2.05, 4.69) is 35.0 Å². The summed E-state index contributed by atoms with van der Waals surface area (Å²) in [6.45, 7) is 5.64. The van der Waals surface area contributed by atoms with Crippen molar-refractivity contribution in [2.24, 2.45) is 0 Å². The molecule has 2 fully saturated rings. The van der Waals surface area contributed by atoms with Gasteiger partial charge < -0.3 is 15.0 Å². The van der Waals surface area contributed by atoms with Crippen LogP contribution in [0, 0.1) is 6.92 Å². The van der Waals surface area contributed by atoms with Crippen LogP contribution in [0.5, 0.6) is 0 Å². The molecule has 2 aliphatic heterocycles. The van der Waals surface area contributed by atoms with Gasteiger partial charge in [-0.05, 0) is 50.8 Å². The molecule has 1 aromatic carbocycles. The number of benzene rings is 1. The van der Waals surface area contributed by atoms with Crippen LogP contribution >= 0.6 is 0 Å². The second kappa shape index (κ2) is 7.37. The van der Waals surface area contributed by atoms with Crippen LogP contribution in [0.25, 0.3) is 11.0 Å². The minimum atomic E-state index is -0.279. The molecule has 1 aromatic heterocycles. The third-order valence-electron chi connectivity index (χ3n) is 5.81. The van der Waals surface area contributed by atoms with E-state index < -0.39 is 0 Å². The van der Waals surface area contributed by atoms with Crippen LogP contribution in [-0.2, 0) is 4.79 Å². The Bertz CT molecular complexity index is 779. The number of aryl methyl sites for hydroxylation is 1. The van der Waals surface area contributed by atoms with Crippen LogP contribution in [0.1, 0.15) is 43.0 Å². The van der Waals surface area contributed by atoms with Gasteiger partial charge in [-0.2, -0.15) is 0 Å². The number of aromatic amines is 1. The second-order valence-corrected chi connectivity index (χ2v) is 7.78. The highest BCUT2D eigenvalue weighted by Gasteiger charge is 2.28. The van der Waals surface area contributed by atoms with E-state index in [0.717, 1.165) is 62.2 Å². The van der Waals surface area contributed by atoms with Gasteiger partial charge in [0.05, 0.1) is 23.7 Å². The fraction of sp³-hybridized carbons (Fsp3) is 0.600. The number of para-hydroxylation sites is 1. The van der Waals surface area contributed by atoms with E-state index in [1.54, 1.807) is 0 Å². The molecule has 6 heteroatoms. The van der Waals surface area contributed by atoms with Crippen LogP contribution < -0.4 is 0 Å². The molecule has 1 amide bonds. The summed E-state index contributed by atoms with van der Waals surface area (Å²) in [5, 5.41) is 9.77. The molecule has 0 saturated carbocycles. The number of rotatable bonds is 3. The van der Waals surface area contributed by atoms with Crippen molar-refractivity contribution < 1.29 is 9.90 Å². The molecule has 2 N–H and O–H groups in total. The van der Waals surface area contributed by atoms with E-state index in [-0.39, 0.29) is 12.0 Å². The number of aliphatic hydroxyl groups is 1. The van der Waals surface area contributed by atoms with Crippen molar-refractivity contribution in [3.8, 4) is 0 Å². The first-order valence-electron chi connectivity index (χ1n) is 9.73. The van der Waals surface area contributed by atoms with Gasteiger partial charge in [-0.25, -0.2) is 4.98 Å². The molecule has 0 unspecified atom stereocenters. The predicted octanol–water partition coefficient (Wildman–Crippen LogP) is 2.03. The summed E-state index contributed by atoms with van der Waals surface area (Å²) >= 11 is 0. The lowest BCUT2D eigenvalue weighted by Crippen LogP contribution is -2.47. The predicted molar refractivity (Wildman–Crippen MR) is 101 cm³/mol. The van der Waals surface area contributed by atoms with Gasteiger partial charge in [-0.3, -0.25) is 9.69 Å². The minimum absolute atomic E-state index is 0.193. The Hall–Kier alpha value is -1.92. The number of hydrogen-bond acceptors (Lipinski definition) is 4. The number of amides is 1. The molecule has 26 heavy (non-hydrogen) atoms. The highest BCUT2D eigenvalue weighted by Crippen LogP contribution is 2.28. The molecular weight excluding hydrogens is 328 g/mol. The van der Waals surface area contributed by atoms with Crippen molar-refractivity contribution in [2.45, 2.75) is 44.6 Å². The maximum atomic E-state index is 12.6. The van der Waals surface area contributed by atoms with Gasteiger partial charge in [0.2, 0.25) is 5.91 Å². The Balaban J connectivity index is 1.34. The first kappa shape index (κ1) is 17.5. The summed E-state index contributed by atoms with van der Waals surface area (Å²) in [7, 11) is 0. The second-order valence-electron chi connectivity index (χ2n) is 7.78. The number of nitrogens with zero attached hydrogens (tertiary/aromatic N) is 3. The Morgan fingerprint density at radius 1 is 1.27 bits per heavy atom. The first-order valence-corrected chi connectivity index (χ1v) is 9.73. The summed E-state index contributed by atoms with van der Waals surface area (Å²) in [6.07, 6.45) is 3.45. The summed E-state index contributed by atoms with van der Waals surface area (Å²) in [5.41, 5.74) is 3.35. The van der Waals surface area contributed by atoms with Crippen LogP contribution in [-0.4, -0.2) is 69.6 Å². The maximum Gasteiger partial charge on any atom is 0.236 e. The number of piperidine rings is 2. The van der Waals surface area contributed by atoms with Crippen molar-refractivity contribution in [2.75, 3.05) is 32.7 Å². The Morgan fingerprint density at radius 2 is 2.08 bits per heavy atom. The number of carbonyl (C=O) groups excluding carboxylic acids is 1. The monoisotopic (exact) mass is 356 g/mol. The van der Waals surface area contributed by atoms with Gasteiger partial charge in [-0.15, -0.1) is 0 Å². The number of likely N-dealkylation sites (tertiary alicyclic amines) is 2. The molecule has 0 aliphatic carbocycles. The molecule has 2 aliphatic rings. The van der Waals surface area contributed by atoms with Crippen molar-refractivity contribution in [3.05, 3.63) is 29.6 Å². The Labute approximate surface area is 154 Å². The zero-order valence-corrected chi connectivity index (χ0v) is 15.4. The number of carbonyl (C=O) groups is 1. The first-order chi connectivity index (χ1) is 12.6. The van der Waals surface area contributed by atoms with Gasteiger partial charge in [0.25, 0.3) is 0 Å². The fourth-order valence-electron chi connectivity index (χ4n) is 4.26. The lowest BCUT2D eigenvalue weighted by molar-refractivity contribution is -0.134. The molecule has 0 radical (unpaired) electrons. The van der Waals surface area contributed by atoms with E-state index in [1.807, 2.05) is 4.90 Å². The smallest absolute Gasteiger partial charge is 0.236 e. The molecule has 3 heterocycles. The van der Waals surface area contributed by atoms with E-state index in [9.17, 15) is 9.90 Å². The third-order valence-corrected chi connectivity index (χ3v) is 5.81. The van der Waals surface area contributed by atoms with Gasteiger partial charge in [0, 0.05) is 25.6 Å². The standard InChI is InChI=1S/C20H28N4O2/c1-14-4-2-6-17-19(14)22-20(21-17)15-7-10-24(11-8-15)18(26)13-23-9-3-5-16(25)12-23/h2,4,6,15-16,25H,3,5,7-13H2,1H3,(H,21,22)/t16-/m1/s1. The average molecular weight is 356 g/mol. The minimum Gasteiger partial charge on any atom is -0.392 e. The maximum absolute atomic E-state index is 12.6. The van der Waals surface area contributed by atoms with Gasteiger partial charge in [0.1, 0.15) is 5.82 Å². The number of aliphatic hydroxyl groups excluding tert-OH is 1. The van der Waals surface area contributed by atoms with Crippen LogP contribution in [0.4, 0.5) is 0 Å². The summed E-state index contributed by atoms with van der Waals surface area (Å²) in [5.74, 6) is 1.64. The number of β-amino-alcohol motifs (C(OH)–C–C–N with tert-alkyl or cyclic N) is 1. The molecular formula is C20H28N4O2. The summed E-state index contributed by atoms with van der Waals surface area (Å²) in [6, 6.07) is 6.22. The fourth-order valence-corrected chi connectivity index (χ4v) is 4.26. The van der Waals surface area contributed by atoms with Crippen molar-refractivity contribution in [1.82, 2.24) is 19.8 Å². The van der Waals surface area contributed by atoms with E-state index in [1.165, 1.54) is 5.56 Å². The summed E-state index contributed by atoms with van der Waals surface area (Å²) < 4.78 is 0. The lowest BCUT2D eigenvalue weighted by atomic mass is 9.96. The van der Waals surface area contributed by atoms with Crippen molar-refractivity contribution >= 4 is 16.9 Å². The highest BCUT2D eigenvalue weighted by molar-refractivity contribution is 5.79. The molecule has 2 saturated heterocycles. The molecule has 4 rings (SSSR count). The number of aromatic nitrogens is 2. The molecule has 0 bridgehead atoms. The molecule has 6 nitrogen and oxygen atoms in total. The van der Waals surface area contributed by atoms with E-state index >= 15 is 0 Å². The largest absolute Gasteiger partial charge is 0.392 e. The van der Waals surface area contributed by atoms with E-state index in [0.29, 0.717) is 19.0 Å². The average Bonchev–Trinajstić information content (AvgIpc) is 3.08. The normalized spacial score (nSPS) is 22.8. The van der Waals surface area contributed by atoms with Gasteiger partial charge in [0.15, 0.2) is 0 Å². The number of H-pyrrole nitrogens is 1. The van der Waals surface area contributed by atoms with Gasteiger partial charge >= 0.3 is 0 Å². The quantitative estimate of drug-likeness (QED) is 0.883. The molecule has 140 valence electrons. The van der Waals surface area contributed by atoms with E-state index in [4.69, 9.17) is 4.98 Å². The highest BCUT2D eigenvalue weighted by atomic mass is 16.3. The van der Waals surface area contributed by atoms with Crippen LogP contribution in [0.2, 0.25) is 0 Å². The van der Waals surface area contributed by atoms with Crippen LogP contribution in [0.3, 0.4) is 0 Å².